The predicted molar refractivity (Wildman–Crippen MR) is 82.9 cm³/mol. The van der Waals surface area contributed by atoms with Crippen molar-refractivity contribution in [3.8, 4) is 0 Å². The molecule has 2 heteroatoms. The molecule has 2 aliphatic rings. The van der Waals surface area contributed by atoms with E-state index in [1.54, 1.807) is 0 Å². The minimum atomic E-state index is 0.356. The Bertz CT molecular complexity index is 614. The fraction of sp³-hybridized carbons (Fsp3) is 0.278. The lowest BCUT2D eigenvalue weighted by atomic mass is 10.00. The highest BCUT2D eigenvalue weighted by Crippen LogP contribution is 2.42. The van der Waals surface area contributed by atoms with E-state index in [1.165, 1.54) is 29.8 Å². The van der Waals surface area contributed by atoms with Gasteiger partial charge < -0.3 is 0 Å². The second kappa shape index (κ2) is 4.78. The van der Waals surface area contributed by atoms with E-state index in [1.807, 2.05) is 0 Å². The smallest absolute Gasteiger partial charge is 0.0828 e. The van der Waals surface area contributed by atoms with Crippen LogP contribution in [-0.2, 0) is 0 Å². The maximum absolute atomic E-state index is 4.93. The van der Waals surface area contributed by atoms with Gasteiger partial charge in [0.2, 0.25) is 0 Å². The Morgan fingerprint density at radius 2 is 1.50 bits per heavy atom. The first kappa shape index (κ1) is 11.7. The Hall–Kier alpha value is -2.09. The summed E-state index contributed by atoms with van der Waals surface area (Å²) >= 11 is 0. The molecule has 2 nitrogen and oxygen atoms in total. The van der Waals surface area contributed by atoms with Gasteiger partial charge in [-0.25, -0.2) is 0 Å². The zero-order valence-electron chi connectivity index (χ0n) is 11.4. The molecule has 0 N–H and O–H groups in total. The van der Waals surface area contributed by atoms with Crippen molar-refractivity contribution in [2.75, 3.05) is 5.01 Å². The molecule has 20 heavy (non-hydrogen) atoms. The Labute approximate surface area is 119 Å². The topological polar surface area (TPSA) is 15.6 Å². The molecule has 1 saturated carbocycles. The number of anilines is 1. The van der Waals surface area contributed by atoms with Gasteiger partial charge in [-0.3, -0.25) is 5.01 Å². The van der Waals surface area contributed by atoms with Crippen LogP contribution in [0.15, 0.2) is 65.8 Å². The van der Waals surface area contributed by atoms with Gasteiger partial charge >= 0.3 is 0 Å². The second-order valence-corrected chi connectivity index (χ2v) is 5.68. The highest BCUT2D eigenvalue weighted by Gasteiger charge is 2.36. The molecule has 0 spiro atoms. The van der Waals surface area contributed by atoms with E-state index in [2.05, 4.69) is 65.7 Å². The molecule has 4 rings (SSSR count). The van der Waals surface area contributed by atoms with Crippen LogP contribution in [0.5, 0.6) is 0 Å². The van der Waals surface area contributed by atoms with Gasteiger partial charge in [0.05, 0.1) is 11.7 Å². The Morgan fingerprint density at radius 1 is 0.850 bits per heavy atom. The van der Waals surface area contributed by atoms with Gasteiger partial charge in [-0.15, -0.1) is 0 Å². The highest BCUT2D eigenvalue weighted by atomic mass is 15.5. The summed E-state index contributed by atoms with van der Waals surface area (Å²) in [5.74, 6) is 0.745. The Morgan fingerprint density at radius 3 is 2.15 bits per heavy atom. The third kappa shape index (κ3) is 2.11. The van der Waals surface area contributed by atoms with Crippen LogP contribution in [0.3, 0.4) is 0 Å². The molecule has 1 aliphatic carbocycles. The first-order valence-corrected chi connectivity index (χ1v) is 7.38. The van der Waals surface area contributed by atoms with Gasteiger partial charge in [0.15, 0.2) is 0 Å². The fourth-order valence-electron chi connectivity index (χ4n) is 2.95. The van der Waals surface area contributed by atoms with Crippen molar-refractivity contribution in [2.45, 2.75) is 25.3 Å². The van der Waals surface area contributed by atoms with Gasteiger partial charge in [-0.2, -0.15) is 5.10 Å². The molecule has 1 heterocycles. The lowest BCUT2D eigenvalue weighted by Gasteiger charge is -2.23. The van der Waals surface area contributed by atoms with E-state index < -0.39 is 0 Å². The number of para-hydroxylation sites is 1. The van der Waals surface area contributed by atoms with Crippen molar-refractivity contribution in [1.29, 1.82) is 0 Å². The van der Waals surface area contributed by atoms with Gasteiger partial charge in [0, 0.05) is 12.1 Å². The van der Waals surface area contributed by atoms with Gasteiger partial charge in [0.25, 0.3) is 0 Å². The van der Waals surface area contributed by atoms with Gasteiger partial charge in [-0.05, 0) is 36.5 Å². The van der Waals surface area contributed by atoms with E-state index >= 15 is 0 Å². The quantitative estimate of drug-likeness (QED) is 0.800. The van der Waals surface area contributed by atoms with Crippen molar-refractivity contribution in [1.82, 2.24) is 0 Å². The van der Waals surface area contributed by atoms with E-state index in [0.29, 0.717) is 6.04 Å². The lowest BCUT2D eigenvalue weighted by molar-refractivity contribution is 0.707. The minimum Gasteiger partial charge on any atom is -0.258 e. The number of nitrogens with zero attached hydrogens (tertiary/aromatic N) is 2. The molecular weight excluding hydrogens is 244 g/mol. The number of hydrazone groups is 1. The number of hydrogen-bond donors (Lipinski definition) is 0. The third-order valence-electron chi connectivity index (χ3n) is 4.19. The summed E-state index contributed by atoms with van der Waals surface area (Å²) in [7, 11) is 0. The average molecular weight is 262 g/mol. The summed E-state index contributed by atoms with van der Waals surface area (Å²) in [4.78, 5) is 0. The Balaban J connectivity index is 1.71. The summed E-state index contributed by atoms with van der Waals surface area (Å²) in [5, 5.41) is 7.14. The molecule has 1 unspecified atom stereocenters. The van der Waals surface area contributed by atoms with Crippen LogP contribution in [0.1, 0.15) is 30.9 Å². The molecular formula is C18H18N2. The maximum atomic E-state index is 4.93. The highest BCUT2D eigenvalue weighted by molar-refractivity contribution is 5.92. The van der Waals surface area contributed by atoms with Crippen molar-refractivity contribution in [2.24, 2.45) is 11.0 Å². The second-order valence-electron chi connectivity index (χ2n) is 5.68. The zero-order chi connectivity index (χ0) is 13.4. The van der Waals surface area contributed by atoms with Crippen molar-refractivity contribution in [3.05, 3.63) is 66.2 Å². The standard InChI is InChI=1S/C18H18N2/c1-3-7-15(8-4-1)18-13-17(14-11-12-14)19-20(18)16-9-5-2-6-10-16/h1-10,14,18H,11-13H2. The molecule has 1 fully saturated rings. The van der Waals surface area contributed by atoms with Crippen LogP contribution in [0.2, 0.25) is 0 Å². The fourth-order valence-corrected chi connectivity index (χ4v) is 2.95. The molecule has 2 aromatic rings. The molecule has 0 aromatic heterocycles. The number of rotatable bonds is 3. The lowest BCUT2D eigenvalue weighted by Crippen LogP contribution is -2.18. The molecule has 2 aromatic carbocycles. The van der Waals surface area contributed by atoms with E-state index in [9.17, 15) is 0 Å². The van der Waals surface area contributed by atoms with Crippen molar-refractivity contribution in [3.63, 3.8) is 0 Å². The van der Waals surface area contributed by atoms with E-state index in [4.69, 9.17) is 5.10 Å². The van der Waals surface area contributed by atoms with Crippen LogP contribution in [0.4, 0.5) is 5.69 Å². The molecule has 0 amide bonds. The van der Waals surface area contributed by atoms with Crippen molar-refractivity contribution < 1.29 is 0 Å². The average Bonchev–Trinajstić information content (AvgIpc) is 3.28. The van der Waals surface area contributed by atoms with E-state index in [-0.39, 0.29) is 0 Å². The molecule has 0 saturated heterocycles. The molecule has 1 aliphatic heterocycles. The molecule has 1 atom stereocenters. The van der Waals surface area contributed by atoms with Crippen LogP contribution in [0.25, 0.3) is 0 Å². The first-order valence-electron chi connectivity index (χ1n) is 7.38. The van der Waals surface area contributed by atoms with E-state index in [0.717, 1.165) is 12.3 Å². The van der Waals surface area contributed by atoms with Crippen LogP contribution >= 0.6 is 0 Å². The van der Waals surface area contributed by atoms with Crippen LogP contribution in [-0.4, -0.2) is 5.71 Å². The summed E-state index contributed by atoms with van der Waals surface area (Å²) < 4.78 is 0. The summed E-state index contributed by atoms with van der Waals surface area (Å²) in [5.41, 5.74) is 3.94. The van der Waals surface area contributed by atoms with Gasteiger partial charge in [0.1, 0.15) is 0 Å². The zero-order valence-corrected chi connectivity index (χ0v) is 11.4. The predicted octanol–water partition coefficient (Wildman–Crippen LogP) is 4.40. The maximum Gasteiger partial charge on any atom is 0.0828 e. The largest absolute Gasteiger partial charge is 0.258 e. The monoisotopic (exact) mass is 262 g/mol. The molecule has 0 radical (unpaired) electrons. The normalized spacial score (nSPS) is 21.9. The molecule has 0 bridgehead atoms. The first-order chi connectivity index (χ1) is 9.92. The van der Waals surface area contributed by atoms with Crippen molar-refractivity contribution >= 4 is 11.4 Å². The summed E-state index contributed by atoms with van der Waals surface area (Å²) in [6.45, 7) is 0. The van der Waals surface area contributed by atoms with Crippen LogP contribution in [0, 0.1) is 5.92 Å². The number of benzene rings is 2. The van der Waals surface area contributed by atoms with Gasteiger partial charge in [-0.1, -0.05) is 48.5 Å². The SMILES string of the molecule is c1ccc(C2CC(C3CC3)=NN2c2ccccc2)cc1. The Kier molecular flexibility index (Phi) is 2.80. The summed E-state index contributed by atoms with van der Waals surface area (Å²) in [6.07, 6.45) is 3.72. The molecule has 100 valence electrons. The van der Waals surface area contributed by atoms with Crippen LogP contribution < -0.4 is 5.01 Å². The third-order valence-corrected chi connectivity index (χ3v) is 4.19. The minimum absolute atomic E-state index is 0.356. The number of hydrogen-bond acceptors (Lipinski definition) is 2. The summed E-state index contributed by atoms with van der Waals surface area (Å²) in [6, 6.07) is 21.6.